The summed E-state index contributed by atoms with van der Waals surface area (Å²) in [6, 6.07) is 0. The van der Waals surface area contributed by atoms with Crippen molar-refractivity contribution in [3.8, 4) is 0 Å². The van der Waals surface area contributed by atoms with Crippen molar-refractivity contribution >= 4 is 23.7 Å². The van der Waals surface area contributed by atoms with Crippen molar-refractivity contribution in [3.05, 3.63) is 16.5 Å². The molecule has 1 saturated heterocycles. The predicted molar refractivity (Wildman–Crippen MR) is 74.0 cm³/mol. The quantitative estimate of drug-likeness (QED) is 0.629. The molecule has 2 heterocycles. The fourth-order valence-corrected chi connectivity index (χ4v) is 2.68. The number of aryl methyl sites for hydroxylation is 1. The number of halogens is 1. The maximum atomic E-state index is 11.2. The van der Waals surface area contributed by atoms with Gasteiger partial charge < -0.3 is 9.64 Å². The number of carbonyl (C=O) groups excluding carboxylic acids is 1. The Morgan fingerprint density at radius 2 is 2.21 bits per heavy atom. The molecule has 1 aromatic rings. The third-order valence-corrected chi connectivity index (χ3v) is 3.85. The molecule has 0 amide bonds. The van der Waals surface area contributed by atoms with Crippen molar-refractivity contribution in [1.29, 1.82) is 0 Å². The second-order valence-electron chi connectivity index (χ2n) is 5.10. The summed E-state index contributed by atoms with van der Waals surface area (Å²) in [5.41, 5.74) is 0.136. The average Bonchev–Trinajstić information content (AvgIpc) is 2.38. The molecule has 6 heteroatoms. The maximum absolute atomic E-state index is 11.2. The number of hydrogen-bond donors (Lipinski definition) is 0. The zero-order valence-electron chi connectivity index (χ0n) is 11.4. The minimum absolute atomic E-state index is 0.210. The summed E-state index contributed by atoms with van der Waals surface area (Å²) in [5.74, 6) is 1.17. The van der Waals surface area contributed by atoms with E-state index in [1.807, 2.05) is 0 Å². The summed E-state index contributed by atoms with van der Waals surface area (Å²) < 4.78 is 5.56. The van der Waals surface area contributed by atoms with Crippen molar-refractivity contribution in [2.75, 3.05) is 25.1 Å². The normalized spacial score (nSPS) is 23.5. The van der Waals surface area contributed by atoms with Crippen LogP contribution in [0.4, 0.5) is 5.82 Å². The highest BCUT2D eigenvalue weighted by Crippen LogP contribution is 2.30. The van der Waals surface area contributed by atoms with Crippen LogP contribution >= 0.6 is 11.6 Å². The van der Waals surface area contributed by atoms with Crippen LogP contribution in [0, 0.1) is 6.92 Å². The van der Waals surface area contributed by atoms with Gasteiger partial charge in [0, 0.05) is 20.2 Å². The minimum atomic E-state index is -0.219. The molecule has 0 spiro atoms. The lowest BCUT2D eigenvalue weighted by Crippen LogP contribution is -2.48. The standard InChI is InChI=1S/C13H18ClN3O2/c1-9-15-11(14)10(7-18)12(16-9)17-6-4-5-13(2,8-17)19-3/h7H,4-6,8H2,1-3H3. The molecule has 19 heavy (non-hydrogen) atoms. The van der Waals surface area contributed by atoms with Crippen LogP contribution in [0.15, 0.2) is 0 Å². The molecule has 2 rings (SSSR count). The Bertz CT molecular complexity index is 495. The predicted octanol–water partition coefficient (Wildman–Crippen LogP) is 2.26. The van der Waals surface area contributed by atoms with Gasteiger partial charge in [0.1, 0.15) is 16.8 Å². The number of ether oxygens (including phenoxy) is 1. The van der Waals surface area contributed by atoms with Gasteiger partial charge in [0.25, 0.3) is 0 Å². The number of piperidine rings is 1. The van der Waals surface area contributed by atoms with Crippen molar-refractivity contribution in [2.24, 2.45) is 0 Å². The van der Waals surface area contributed by atoms with E-state index in [-0.39, 0.29) is 10.8 Å². The number of methoxy groups -OCH3 is 1. The fraction of sp³-hybridized carbons (Fsp3) is 0.615. The molecule has 0 saturated carbocycles. The highest BCUT2D eigenvalue weighted by atomic mass is 35.5. The molecule has 0 aliphatic carbocycles. The van der Waals surface area contributed by atoms with E-state index in [2.05, 4.69) is 21.8 Å². The summed E-state index contributed by atoms with van der Waals surface area (Å²) >= 11 is 6.02. The Morgan fingerprint density at radius 3 is 2.84 bits per heavy atom. The lowest BCUT2D eigenvalue weighted by atomic mass is 9.94. The molecule has 1 atom stereocenters. The third kappa shape index (κ3) is 2.87. The van der Waals surface area contributed by atoms with Crippen LogP contribution in [-0.2, 0) is 4.74 Å². The van der Waals surface area contributed by atoms with E-state index in [1.54, 1.807) is 14.0 Å². The van der Waals surface area contributed by atoms with Gasteiger partial charge in [0.05, 0.1) is 11.2 Å². The Morgan fingerprint density at radius 1 is 1.47 bits per heavy atom. The summed E-state index contributed by atoms with van der Waals surface area (Å²) in [4.78, 5) is 21.7. The van der Waals surface area contributed by atoms with Gasteiger partial charge in [-0.15, -0.1) is 0 Å². The largest absolute Gasteiger partial charge is 0.377 e. The van der Waals surface area contributed by atoms with Crippen LogP contribution in [0.25, 0.3) is 0 Å². The molecular weight excluding hydrogens is 266 g/mol. The number of anilines is 1. The Balaban J connectivity index is 2.38. The maximum Gasteiger partial charge on any atom is 0.156 e. The summed E-state index contributed by atoms with van der Waals surface area (Å²) in [5, 5.41) is 0.210. The second kappa shape index (κ2) is 5.43. The number of rotatable bonds is 3. The molecule has 1 fully saturated rings. The van der Waals surface area contributed by atoms with E-state index in [4.69, 9.17) is 16.3 Å². The average molecular weight is 284 g/mol. The van der Waals surface area contributed by atoms with Crippen LogP contribution in [-0.4, -0.2) is 42.1 Å². The fourth-order valence-electron chi connectivity index (χ4n) is 2.43. The van der Waals surface area contributed by atoms with Crippen LogP contribution in [0.5, 0.6) is 0 Å². The Labute approximate surface area is 117 Å². The van der Waals surface area contributed by atoms with E-state index in [0.717, 1.165) is 25.7 Å². The summed E-state index contributed by atoms with van der Waals surface area (Å²) in [6.45, 7) is 5.36. The summed E-state index contributed by atoms with van der Waals surface area (Å²) in [7, 11) is 1.71. The highest BCUT2D eigenvalue weighted by Gasteiger charge is 2.32. The zero-order chi connectivity index (χ0) is 14.0. The lowest BCUT2D eigenvalue weighted by molar-refractivity contribution is -0.00485. The first-order chi connectivity index (χ1) is 8.99. The smallest absolute Gasteiger partial charge is 0.156 e. The molecule has 1 unspecified atom stereocenters. The van der Waals surface area contributed by atoms with Gasteiger partial charge >= 0.3 is 0 Å². The first kappa shape index (κ1) is 14.2. The van der Waals surface area contributed by atoms with Crippen LogP contribution in [0.2, 0.25) is 5.15 Å². The van der Waals surface area contributed by atoms with Gasteiger partial charge in [-0.05, 0) is 26.7 Å². The molecular formula is C13H18ClN3O2. The molecule has 0 aromatic carbocycles. The number of hydrogen-bond acceptors (Lipinski definition) is 5. The van der Waals surface area contributed by atoms with Gasteiger partial charge in [0.15, 0.2) is 6.29 Å². The van der Waals surface area contributed by atoms with Crippen LogP contribution in [0.3, 0.4) is 0 Å². The molecule has 1 aromatic heterocycles. The summed E-state index contributed by atoms with van der Waals surface area (Å²) in [6.07, 6.45) is 2.70. The van der Waals surface area contributed by atoms with Crippen molar-refractivity contribution in [1.82, 2.24) is 9.97 Å². The van der Waals surface area contributed by atoms with Gasteiger partial charge in [-0.3, -0.25) is 4.79 Å². The molecule has 5 nitrogen and oxygen atoms in total. The molecule has 104 valence electrons. The van der Waals surface area contributed by atoms with E-state index in [1.165, 1.54) is 0 Å². The third-order valence-electron chi connectivity index (χ3n) is 3.56. The van der Waals surface area contributed by atoms with Gasteiger partial charge in [-0.2, -0.15) is 0 Å². The molecule has 1 aliphatic heterocycles. The molecule has 0 bridgehead atoms. The Kier molecular flexibility index (Phi) is 4.06. The topological polar surface area (TPSA) is 55.3 Å². The van der Waals surface area contributed by atoms with Crippen molar-refractivity contribution in [3.63, 3.8) is 0 Å². The molecule has 0 N–H and O–H groups in total. The number of aldehydes is 1. The molecule has 1 aliphatic rings. The van der Waals surface area contributed by atoms with Gasteiger partial charge in [-0.25, -0.2) is 9.97 Å². The van der Waals surface area contributed by atoms with Crippen molar-refractivity contribution in [2.45, 2.75) is 32.3 Å². The first-order valence-corrected chi connectivity index (χ1v) is 6.66. The number of aromatic nitrogens is 2. The monoisotopic (exact) mass is 283 g/mol. The van der Waals surface area contributed by atoms with Crippen LogP contribution < -0.4 is 4.90 Å². The van der Waals surface area contributed by atoms with Crippen LogP contribution in [0.1, 0.15) is 35.9 Å². The zero-order valence-corrected chi connectivity index (χ0v) is 12.2. The first-order valence-electron chi connectivity index (χ1n) is 6.28. The Hall–Kier alpha value is -1.20. The van der Waals surface area contributed by atoms with Gasteiger partial charge in [0.2, 0.25) is 0 Å². The van der Waals surface area contributed by atoms with Gasteiger partial charge in [-0.1, -0.05) is 11.6 Å². The second-order valence-corrected chi connectivity index (χ2v) is 5.45. The lowest BCUT2D eigenvalue weighted by Gasteiger charge is -2.40. The SMILES string of the molecule is COC1(C)CCCN(c2nc(C)nc(Cl)c2C=O)C1. The molecule has 0 radical (unpaired) electrons. The van der Waals surface area contributed by atoms with E-state index in [9.17, 15) is 4.79 Å². The van der Waals surface area contributed by atoms with E-state index >= 15 is 0 Å². The number of carbonyl (C=O) groups is 1. The van der Waals surface area contributed by atoms with E-state index < -0.39 is 0 Å². The highest BCUT2D eigenvalue weighted by molar-refractivity contribution is 6.32. The number of nitrogens with zero attached hydrogens (tertiary/aromatic N) is 3. The minimum Gasteiger partial charge on any atom is -0.377 e. The van der Waals surface area contributed by atoms with E-state index in [0.29, 0.717) is 23.8 Å². The van der Waals surface area contributed by atoms with Crippen molar-refractivity contribution < 1.29 is 9.53 Å².